The van der Waals surface area contributed by atoms with Gasteiger partial charge in [-0.05, 0) is 79.4 Å². The molecule has 0 aliphatic heterocycles. The normalized spacial score (nSPS) is 52.5. The number of ketones is 1. The number of rotatable bonds is 4. The summed E-state index contributed by atoms with van der Waals surface area (Å²) in [6.07, 6.45) is 7.93. The van der Waals surface area contributed by atoms with Crippen LogP contribution in [0.2, 0.25) is 0 Å². The largest absolute Gasteiger partial charge is 0.462 e. The highest BCUT2D eigenvalue weighted by molar-refractivity contribution is 5.83. The summed E-state index contributed by atoms with van der Waals surface area (Å²) in [7, 11) is 0. The van der Waals surface area contributed by atoms with Gasteiger partial charge in [-0.2, -0.15) is 0 Å². The molecule has 11 atom stereocenters. The fourth-order valence-electron chi connectivity index (χ4n) is 10.3. The van der Waals surface area contributed by atoms with Gasteiger partial charge < -0.3 is 14.6 Å². The molecular formula is C29H46O5. The van der Waals surface area contributed by atoms with Gasteiger partial charge in [-0.3, -0.25) is 9.59 Å². The van der Waals surface area contributed by atoms with Gasteiger partial charge in [0.1, 0.15) is 18.2 Å². The van der Waals surface area contributed by atoms with E-state index in [2.05, 4.69) is 27.7 Å². The molecule has 5 nitrogen and oxygen atoms in total. The summed E-state index contributed by atoms with van der Waals surface area (Å²) < 4.78 is 5.73. The number of Topliss-reactive ketones (excluding diaryl/α,β-unsaturated/α-hetero) is 1. The van der Waals surface area contributed by atoms with Gasteiger partial charge >= 0.3 is 5.97 Å². The van der Waals surface area contributed by atoms with Crippen LogP contribution in [0.3, 0.4) is 0 Å². The SMILES string of the molecule is CC[C@@]1(C)CCC[C@]2(C)[C@H]3C[C@H](O)[C@]4(C)[C@@H](C=O)[C@H](C(C)=O)[C@H](OC(C)=O)C[C@H]4[C@]3(C)CC[C@H]12. The minimum Gasteiger partial charge on any atom is -0.462 e. The Balaban J connectivity index is 1.81. The van der Waals surface area contributed by atoms with Gasteiger partial charge in [0.2, 0.25) is 0 Å². The van der Waals surface area contributed by atoms with Gasteiger partial charge in [-0.25, -0.2) is 0 Å². The maximum atomic E-state index is 12.8. The Bertz CT molecular complexity index is 853. The summed E-state index contributed by atoms with van der Waals surface area (Å²) in [6.45, 7) is 14.6. The number of carbonyl (C=O) groups is 3. The van der Waals surface area contributed by atoms with Crippen molar-refractivity contribution in [3.8, 4) is 0 Å². The van der Waals surface area contributed by atoms with E-state index in [-0.39, 0.29) is 22.5 Å². The van der Waals surface area contributed by atoms with E-state index in [4.69, 9.17) is 4.74 Å². The summed E-state index contributed by atoms with van der Waals surface area (Å²) in [5.41, 5.74) is -0.306. The molecule has 0 heterocycles. The van der Waals surface area contributed by atoms with Gasteiger partial charge in [-0.1, -0.05) is 47.5 Å². The molecule has 34 heavy (non-hydrogen) atoms. The number of aldehydes is 1. The first kappa shape index (κ1) is 25.9. The Hall–Kier alpha value is -1.23. The molecule has 0 aromatic heterocycles. The summed E-state index contributed by atoms with van der Waals surface area (Å²) in [5, 5.41) is 11.8. The van der Waals surface area contributed by atoms with E-state index in [1.54, 1.807) is 0 Å². The Labute approximate surface area is 205 Å². The first-order chi connectivity index (χ1) is 15.8. The van der Waals surface area contributed by atoms with Gasteiger partial charge in [0.05, 0.1) is 12.0 Å². The molecule has 5 heteroatoms. The predicted octanol–water partition coefficient (Wildman–Crippen LogP) is 5.37. The van der Waals surface area contributed by atoms with E-state index >= 15 is 0 Å². The Morgan fingerprint density at radius 3 is 2.18 bits per heavy atom. The van der Waals surface area contributed by atoms with Crippen molar-refractivity contribution in [1.82, 2.24) is 0 Å². The summed E-state index contributed by atoms with van der Waals surface area (Å²) in [5.74, 6) is -0.906. The molecule has 0 saturated heterocycles. The predicted molar refractivity (Wildman–Crippen MR) is 131 cm³/mol. The molecule has 0 aromatic rings. The highest BCUT2D eigenvalue weighted by Gasteiger charge is 2.70. The number of aliphatic hydroxyl groups excluding tert-OH is 1. The van der Waals surface area contributed by atoms with E-state index in [1.807, 2.05) is 6.92 Å². The van der Waals surface area contributed by atoms with Gasteiger partial charge in [0.15, 0.2) is 0 Å². The molecule has 0 spiro atoms. The fraction of sp³-hybridized carbons (Fsp3) is 0.897. The van der Waals surface area contributed by atoms with E-state index < -0.39 is 35.4 Å². The molecule has 192 valence electrons. The number of aliphatic hydroxyl groups is 1. The van der Waals surface area contributed by atoms with Gasteiger partial charge in [0, 0.05) is 18.3 Å². The molecule has 4 rings (SSSR count). The molecule has 4 aliphatic rings. The van der Waals surface area contributed by atoms with Crippen LogP contribution in [-0.2, 0) is 19.1 Å². The van der Waals surface area contributed by atoms with Crippen LogP contribution in [0.25, 0.3) is 0 Å². The number of hydrogen-bond acceptors (Lipinski definition) is 5. The number of ether oxygens (including phenoxy) is 1. The topological polar surface area (TPSA) is 80.7 Å². The second-order valence-electron chi connectivity index (χ2n) is 13.4. The Kier molecular flexibility index (Phi) is 6.40. The minimum absolute atomic E-state index is 0.0106. The Morgan fingerprint density at radius 2 is 1.62 bits per heavy atom. The summed E-state index contributed by atoms with van der Waals surface area (Å²) >= 11 is 0. The molecule has 0 amide bonds. The highest BCUT2D eigenvalue weighted by atomic mass is 16.5. The van der Waals surface area contributed by atoms with E-state index in [0.717, 1.165) is 19.1 Å². The lowest BCUT2D eigenvalue weighted by atomic mass is 9.33. The van der Waals surface area contributed by atoms with Crippen LogP contribution < -0.4 is 0 Å². The lowest BCUT2D eigenvalue weighted by Crippen LogP contribution is -2.69. The van der Waals surface area contributed by atoms with Crippen LogP contribution in [0.4, 0.5) is 0 Å². The van der Waals surface area contributed by atoms with Crippen molar-refractivity contribution in [2.24, 2.45) is 51.2 Å². The third-order valence-electron chi connectivity index (χ3n) is 12.1. The molecular weight excluding hydrogens is 428 g/mol. The maximum Gasteiger partial charge on any atom is 0.302 e. The lowest BCUT2D eigenvalue weighted by Gasteiger charge is -2.71. The first-order valence-corrected chi connectivity index (χ1v) is 13.6. The molecule has 4 saturated carbocycles. The van der Waals surface area contributed by atoms with E-state index in [0.29, 0.717) is 30.1 Å². The highest BCUT2D eigenvalue weighted by Crippen LogP contribution is 2.73. The summed E-state index contributed by atoms with van der Waals surface area (Å²) in [4.78, 5) is 37.4. The third-order valence-corrected chi connectivity index (χ3v) is 12.1. The minimum atomic E-state index is -0.702. The average Bonchev–Trinajstić information content (AvgIpc) is 2.75. The van der Waals surface area contributed by atoms with Crippen molar-refractivity contribution < 1.29 is 24.2 Å². The summed E-state index contributed by atoms with van der Waals surface area (Å²) in [6, 6.07) is 0. The van der Waals surface area contributed by atoms with Crippen molar-refractivity contribution >= 4 is 18.0 Å². The van der Waals surface area contributed by atoms with Crippen LogP contribution in [0.5, 0.6) is 0 Å². The van der Waals surface area contributed by atoms with Crippen LogP contribution >= 0.6 is 0 Å². The number of fused-ring (bicyclic) bond motifs is 5. The molecule has 0 bridgehead atoms. The van der Waals surface area contributed by atoms with E-state index in [1.165, 1.54) is 39.5 Å². The van der Waals surface area contributed by atoms with Crippen molar-refractivity contribution in [3.63, 3.8) is 0 Å². The van der Waals surface area contributed by atoms with Crippen LogP contribution in [0.1, 0.15) is 99.8 Å². The number of hydrogen-bond donors (Lipinski definition) is 1. The van der Waals surface area contributed by atoms with Gasteiger partial charge in [-0.15, -0.1) is 0 Å². The number of carbonyl (C=O) groups excluding carboxylic acids is 3. The van der Waals surface area contributed by atoms with E-state index in [9.17, 15) is 19.5 Å². The maximum absolute atomic E-state index is 12.8. The second kappa shape index (κ2) is 8.42. The molecule has 0 radical (unpaired) electrons. The van der Waals surface area contributed by atoms with Crippen LogP contribution in [0, 0.1) is 51.2 Å². The molecule has 4 aliphatic carbocycles. The van der Waals surface area contributed by atoms with Gasteiger partial charge in [0.25, 0.3) is 0 Å². The third kappa shape index (κ3) is 3.38. The average molecular weight is 475 g/mol. The lowest BCUT2D eigenvalue weighted by molar-refractivity contribution is -0.259. The van der Waals surface area contributed by atoms with Crippen LogP contribution in [-0.4, -0.2) is 35.4 Å². The van der Waals surface area contributed by atoms with Crippen molar-refractivity contribution in [2.45, 2.75) is 112 Å². The monoisotopic (exact) mass is 474 g/mol. The van der Waals surface area contributed by atoms with Crippen molar-refractivity contribution in [1.29, 1.82) is 0 Å². The number of esters is 1. The van der Waals surface area contributed by atoms with Crippen LogP contribution in [0.15, 0.2) is 0 Å². The fourth-order valence-corrected chi connectivity index (χ4v) is 10.3. The van der Waals surface area contributed by atoms with Crippen molar-refractivity contribution in [3.05, 3.63) is 0 Å². The van der Waals surface area contributed by atoms with Crippen molar-refractivity contribution in [2.75, 3.05) is 0 Å². The molecule has 0 unspecified atom stereocenters. The first-order valence-electron chi connectivity index (χ1n) is 13.6. The zero-order valence-corrected chi connectivity index (χ0v) is 22.4. The standard InChI is InChI=1S/C29H46O5/c1-8-26(4)11-9-12-27(5)21(26)10-13-28(6)22(27)15-24(33)29(7)19(16-30)25(17(2)31)20(14-23(28)29)34-18(3)32/h16,19-25,33H,8-15H2,1-7H3/t19-,20+,21+,22+,23-,24-,25-,26-,27-,28+,29+/m0/s1. The molecule has 4 fully saturated rings. The Morgan fingerprint density at radius 1 is 0.971 bits per heavy atom. The molecule has 1 N–H and O–H groups in total. The zero-order valence-electron chi connectivity index (χ0n) is 22.4. The molecule has 0 aromatic carbocycles. The zero-order chi connectivity index (χ0) is 25.3. The smallest absolute Gasteiger partial charge is 0.302 e. The quantitative estimate of drug-likeness (QED) is 0.438. The second-order valence-corrected chi connectivity index (χ2v) is 13.4.